The number of aliphatic hydroxyl groups is 1. The number of hydrogen-bond donors (Lipinski definition) is 4. The Kier molecular flexibility index (Phi) is 6.58. The van der Waals surface area contributed by atoms with Gasteiger partial charge in [0, 0.05) is 13.2 Å². The van der Waals surface area contributed by atoms with Crippen LogP contribution in [0.2, 0.25) is 0 Å². The second-order valence-electron chi connectivity index (χ2n) is 4.73. The number of hydrogen-bond acceptors (Lipinski definition) is 4. The van der Waals surface area contributed by atoms with E-state index in [9.17, 15) is 14.7 Å². The molecule has 1 fully saturated rings. The molecular weight excluding hydrogens is 252 g/mol. The third kappa shape index (κ3) is 5.89. The lowest BCUT2D eigenvalue weighted by atomic mass is 10.1. The molecule has 1 heterocycles. The summed E-state index contributed by atoms with van der Waals surface area (Å²) in [6, 6.07) is -1.89. The second kappa shape index (κ2) is 7.96. The number of rotatable bonds is 6. The van der Waals surface area contributed by atoms with Crippen LogP contribution in [0.1, 0.15) is 32.6 Å². The highest BCUT2D eigenvalue weighted by Crippen LogP contribution is 2.14. The number of carboxylic acids is 1. The smallest absolute Gasteiger partial charge is 0.328 e. The van der Waals surface area contributed by atoms with E-state index >= 15 is 0 Å². The van der Waals surface area contributed by atoms with Crippen LogP contribution in [-0.4, -0.2) is 53.6 Å². The number of aliphatic hydroxyl groups excluding tert-OH is 1. The van der Waals surface area contributed by atoms with Gasteiger partial charge in [0.05, 0.1) is 12.2 Å². The first-order valence-corrected chi connectivity index (χ1v) is 6.57. The zero-order valence-electron chi connectivity index (χ0n) is 11.1. The molecule has 0 aromatic carbocycles. The number of carbonyl (C=O) groups excluding carboxylic acids is 1. The van der Waals surface area contributed by atoms with Gasteiger partial charge < -0.3 is 25.6 Å². The maximum absolute atomic E-state index is 11.5. The number of carbonyl (C=O) groups is 2. The van der Waals surface area contributed by atoms with E-state index in [4.69, 9.17) is 9.84 Å². The Hall–Kier alpha value is -1.34. The summed E-state index contributed by atoms with van der Waals surface area (Å²) in [5.74, 6) is -1.26. The minimum Gasteiger partial charge on any atom is -0.480 e. The van der Waals surface area contributed by atoms with Crippen LogP contribution in [0.3, 0.4) is 0 Å². The van der Waals surface area contributed by atoms with E-state index in [1.165, 1.54) is 6.92 Å². The molecule has 0 aromatic rings. The maximum Gasteiger partial charge on any atom is 0.328 e. The lowest BCUT2D eigenvalue weighted by Crippen LogP contribution is -2.51. The molecule has 7 nitrogen and oxygen atoms in total. The van der Waals surface area contributed by atoms with E-state index < -0.39 is 24.1 Å². The summed E-state index contributed by atoms with van der Waals surface area (Å²) < 4.78 is 5.51. The van der Waals surface area contributed by atoms with Crippen LogP contribution in [-0.2, 0) is 9.53 Å². The predicted octanol–water partition coefficient (Wildman–Crippen LogP) is 0.0788. The van der Waals surface area contributed by atoms with Gasteiger partial charge >= 0.3 is 12.0 Å². The number of urea groups is 1. The molecule has 2 amide bonds. The predicted molar refractivity (Wildman–Crippen MR) is 67.8 cm³/mol. The number of ether oxygens (including phenoxy) is 1. The molecule has 3 atom stereocenters. The Labute approximate surface area is 112 Å². The average Bonchev–Trinajstić information content (AvgIpc) is 2.36. The van der Waals surface area contributed by atoms with Crippen LogP contribution in [0, 0.1) is 0 Å². The normalized spacial score (nSPS) is 22.3. The molecule has 1 saturated heterocycles. The van der Waals surface area contributed by atoms with Gasteiger partial charge in [0.2, 0.25) is 0 Å². The van der Waals surface area contributed by atoms with Gasteiger partial charge in [-0.3, -0.25) is 0 Å². The Balaban J connectivity index is 2.21. The minimum absolute atomic E-state index is 0.168. The lowest BCUT2D eigenvalue weighted by Gasteiger charge is -2.23. The molecule has 1 aliphatic rings. The largest absolute Gasteiger partial charge is 0.480 e. The molecule has 0 aliphatic carbocycles. The Bertz CT molecular complexity index is 302. The van der Waals surface area contributed by atoms with Crippen LogP contribution < -0.4 is 10.6 Å². The topological polar surface area (TPSA) is 108 Å². The van der Waals surface area contributed by atoms with Crippen molar-refractivity contribution in [1.29, 1.82) is 0 Å². The van der Waals surface area contributed by atoms with Gasteiger partial charge in [0.25, 0.3) is 0 Å². The van der Waals surface area contributed by atoms with Gasteiger partial charge in [-0.2, -0.15) is 0 Å². The zero-order valence-corrected chi connectivity index (χ0v) is 11.1. The molecule has 1 aliphatic heterocycles. The van der Waals surface area contributed by atoms with E-state index in [0.717, 1.165) is 25.9 Å². The van der Waals surface area contributed by atoms with E-state index in [2.05, 4.69) is 10.6 Å². The van der Waals surface area contributed by atoms with Crippen molar-refractivity contribution in [3.05, 3.63) is 0 Å². The van der Waals surface area contributed by atoms with Gasteiger partial charge in [0.15, 0.2) is 6.04 Å². The monoisotopic (exact) mass is 274 g/mol. The first-order valence-electron chi connectivity index (χ1n) is 6.57. The van der Waals surface area contributed by atoms with E-state index in [-0.39, 0.29) is 6.10 Å². The summed E-state index contributed by atoms with van der Waals surface area (Å²) in [5, 5.41) is 22.8. The first-order chi connectivity index (χ1) is 9.00. The zero-order chi connectivity index (χ0) is 14.3. The van der Waals surface area contributed by atoms with Crippen LogP contribution in [0.15, 0.2) is 0 Å². The molecule has 110 valence electrons. The third-order valence-corrected chi connectivity index (χ3v) is 3.06. The molecule has 3 unspecified atom stereocenters. The maximum atomic E-state index is 11.5. The number of aliphatic carboxylic acids is 1. The molecule has 4 N–H and O–H groups in total. The Morgan fingerprint density at radius 3 is 2.68 bits per heavy atom. The van der Waals surface area contributed by atoms with Crippen LogP contribution in [0.25, 0.3) is 0 Å². The van der Waals surface area contributed by atoms with Crippen LogP contribution in [0.5, 0.6) is 0 Å². The van der Waals surface area contributed by atoms with E-state index in [1.54, 1.807) is 0 Å². The van der Waals surface area contributed by atoms with Crippen LogP contribution in [0.4, 0.5) is 4.79 Å². The van der Waals surface area contributed by atoms with Crippen molar-refractivity contribution in [2.75, 3.05) is 13.2 Å². The van der Waals surface area contributed by atoms with Gasteiger partial charge in [-0.05, 0) is 32.6 Å². The molecule has 19 heavy (non-hydrogen) atoms. The van der Waals surface area contributed by atoms with E-state index in [0.29, 0.717) is 13.0 Å². The van der Waals surface area contributed by atoms with Crippen molar-refractivity contribution in [2.24, 2.45) is 0 Å². The third-order valence-electron chi connectivity index (χ3n) is 3.06. The van der Waals surface area contributed by atoms with Gasteiger partial charge in [-0.15, -0.1) is 0 Å². The first kappa shape index (κ1) is 15.7. The summed E-state index contributed by atoms with van der Waals surface area (Å²) in [6.07, 6.45) is 2.94. The highest BCUT2D eigenvalue weighted by molar-refractivity contribution is 5.82. The fourth-order valence-corrected chi connectivity index (χ4v) is 1.96. The van der Waals surface area contributed by atoms with Crippen molar-refractivity contribution in [1.82, 2.24) is 10.6 Å². The molecule has 0 saturated carbocycles. The molecule has 0 radical (unpaired) electrons. The molecule has 0 spiro atoms. The van der Waals surface area contributed by atoms with Gasteiger partial charge in [-0.1, -0.05) is 0 Å². The van der Waals surface area contributed by atoms with Crippen molar-refractivity contribution >= 4 is 12.0 Å². The van der Waals surface area contributed by atoms with Crippen LogP contribution >= 0.6 is 0 Å². The standard InChI is InChI=1S/C12H22N2O5/c1-8(15)10(11(16)17)14-12(18)13-6-5-9-4-2-3-7-19-9/h8-10,15H,2-7H2,1H3,(H,16,17)(H2,13,14,18). The summed E-state index contributed by atoms with van der Waals surface area (Å²) in [6.45, 7) is 2.50. The highest BCUT2D eigenvalue weighted by Gasteiger charge is 2.24. The minimum atomic E-state index is -1.30. The van der Waals surface area contributed by atoms with Gasteiger partial charge in [-0.25, -0.2) is 9.59 Å². The Morgan fingerprint density at radius 1 is 1.42 bits per heavy atom. The van der Waals surface area contributed by atoms with Crippen molar-refractivity contribution in [3.8, 4) is 0 Å². The van der Waals surface area contributed by atoms with Crippen molar-refractivity contribution in [3.63, 3.8) is 0 Å². The second-order valence-corrected chi connectivity index (χ2v) is 4.73. The molecule has 0 aromatic heterocycles. The summed E-state index contributed by atoms with van der Waals surface area (Å²) in [7, 11) is 0. The molecular formula is C12H22N2O5. The van der Waals surface area contributed by atoms with Gasteiger partial charge in [0.1, 0.15) is 0 Å². The Morgan fingerprint density at radius 2 is 2.16 bits per heavy atom. The average molecular weight is 274 g/mol. The quantitative estimate of drug-likeness (QED) is 0.548. The fourth-order valence-electron chi connectivity index (χ4n) is 1.96. The lowest BCUT2D eigenvalue weighted by molar-refractivity contribution is -0.141. The molecule has 1 rings (SSSR count). The number of amides is 2. The molecule has 0 bridgehead atoms. The fraction of sp³-hybridized carbons (Fsp3) is 0.833. The highest BCUT2D eigenvalue weighted by atomic mass is 16.5. The SMILES string of the molecule is CC(O)C(NC(=O)NCCC1CCCCO1)C(=O)O. The number of carboxylic acid groups (broad SMARTS) is 1. The summed E-state index contributed by atoms with van der Waals surface area (Å²) in [4.78, 5) is 22.2. The number of nitrogens with one attached hydrogen (secondary N) is 2. The van der Waals surface area contributed by atoms with Crippen molar-refractivity contribution in [2.45, 2.75) is 50.9 Å². The van der Waals surface area contributed by atoms with Crippen molar-refractivity contribution < 1.29 is 24.5 Å². The van der Waals surface area contributed by atoms with E-state index in [1.807, 2.05) is 0 Å². The summed E-state index contributed by atoms with van der Waals surface area (Å²) in [5.41, 5.74) is 0. The molecule has 7 heteroatoms. The summed E-state index contributed by atoms with van der Waals surface area (Å²) >= 11 is 0.